The fourth-order valence-electron chi connectivity index (χ4n) is 1.59. The van der Waals surface area contributed by atoms with Gasteiger partial charge in [0.05, 0.1) is 13.7 Å². The second-order valence-corrected chi connectivity index (χ2v) is 4.15. The van der Waals surface area contributed by atoms with Gasteiger partial charge in [0, 0.05) is 18.2 Å². The Labute approximate surface area is 125 Å². The van der Waals surface area contributed by atoms with E-state index in [1.807, 2.05) is 0 Å². The highest BCUT2D eigenvalue weighted by Crippen LogP contribution is 2.11. The molecule has 1 heterocycles. The summed E-state index contributed by atoms with van der Waals surface area (Å²) in [6, 6.07) is 3.03. The number of aryl methyl sites for hydroxylation is 1. The number of aromatic nitrogens is 1. The fraction of sp³-hybridized carbons (Fsp3) is 0.286. The highest BCUT2D eigenvalue weighted by Gasteiger charge is 2.11. The van der Waals surface area contributed by atoms with Gasteiger partial charge in [-0.25, -0.2) is 9.59 Å². The molecule has 0 aliphatic rings. The summed E-state index contributed by atoms with van der Waals surface area (Å²) in [6.45, 7) is 1.19. The van der Waals surface area contributed by atoms with Gasteiger partial charge in [-0.2, -0.15) is 5.26 Å². The van der Waals surface area contributed by atoms with Crippen molar-refractivity contribution in [3.05, 3.63) is 39.7 Å². The highest BCUT2D eigenvalue weighted by atomic mass is 16.5. The third-order valence-corrected chi connectivity index (χ3v) is 2.70. The van der Waals surface area contributed by atoms with Gasteiger partial charge in [0.15, 0.2) is 5.88 Å². The molecule has 0 saturated heterocycles. The van der Waals surface area contributed by atoms with E-state index in [4.69, 9.17) is 10.00 Å². The Morgan fingerprint density at radius 2 is 2.05 bits per heavy atom. The largest absolute Gasteiger partial charge is 0.494 e. The van der Waals surface area contributed by atoms with Gasteiger partial charge in [-0.3, -0.25) is 9.36 Å². The number of esters is 2. The molecule has 0 atom stereocenters. The average molecular weight is 306 g/mol. The molecule has 0 aliphatic heterocycles. The van der Waals surface area contributed by atoms with E-state index in [2.05, 4.69) is 4.74 Å². The third kappa shape index (κ3) is 4.21. The zero-order valence-electron chi connectivity index (χ0n) is 12.0. The molecule has 0 saturated carbocycles. The second kappa shape index (κ2) is 7.64. The first-order chi connectivity index (χ1) is 10.4. The van der Waals surface area contributed by atoms with Crippen molar-refractivity contribution in [2.75, 3.05) is 13.7 Å². The second-order valence-electron chi connectivity index (χ2n) is 4.15. The maximum absolute atomic E-state index is 11.9. The van der Waals surface area contributed by atoms with Crippen molar-refractivity contribution in [1.29, 1.82) is 5.26 Å². The fourth-order valence-corrected chi connectivity index (χ4v) is 1.59. The van der Waals surface area contributed by atoms with E-state index in [1.54, 1.807) is 6.07 Å². The van der Waals surface area contributed by atoms with E-state index in [0.29, 0.717) is 5.56 Å². The lowest BCUT2D eigenvalue weighted by molar-refractivity contribution is -0.139. The predicted octanol–water partition coefficient (Wildman–Crippen LogP) is 0.00640. The minimum absolute atomic E-state index is 0.0882. The Balaban J connectivity index is 2.73. The molecule has 116 valence electrons. The highest BCUT2D eigenvalue weighted by molar-refractivity contribution is 5.91. The van der Waals surface area contributed by atoms with Gasteiger partial charge >= 0.3 is 11.9 Å². The number of methoxy groups -OCH3 is 1. The van der Waals surface area contributed by atoms with Gasteiger partial charge < -0.3 is 14.6 Å². The van der Waals surface area contributed by atoms with Crippen molar-refractivity contribution in [3.63, 3.8) is 0 Å². The van der Waals surface area contributed by atoms with Crippen LogP contribution in [0.5, 0.6) is 5.88 Å². The van der Waals surface area contributed by atoms with Crippen LogP contribution in [0.3, 0.4) is 0 Å². The molecule has 0 amide bonds. The Hall–Kier alpha value is -3.08. The molecular formula is C14H14N2O6. The van der Waals surface area contributed by atoms with Crippen LogP contribution in [0, 0.1) is 18.3 Å². The van der Waals surface area contributed by atoms with Crippen LogP contribution in [-0.4, -0.2) is 35.3 Å². The number of hydrogen-bond acceptors (Lipinski definition) is 7. The Bertz CT molecular complexity index is 711. The lowest BCUT2D eigenvalue weighted by Gasteiger charge is -2.10. The van der Waals surface area contributed by atoms with Crippen molar-refractivity contribution in [3.8, 4) is 11.9 Å². The molecule has 0 radical (unpaired) electrons. The first kappa shape index (κ1) is 17.0. The monoisotopic (exact) mass is 306 g/mol. The molecule has 0 fully saturated rings. The maximum atomic E-state index is 11.9. The lowest BCUT2D eigenvalue weighted by atomic mass is 10.2. The van der Waals surface area contributed by atoms with Crippen molar-refractivity contribution in [2.45, 2.75) is 13.5 Å². The number of carbonyl (C=O) groups is 2. The molecule has 8 nitrogen and oxygen atoms in total. The first-order valence-corrected chi connectivity index (χ1v) is 6.17. The smallest absolute Gasteiger partial charge is 0.331 e. The van der Waals surface area contributed by atoms with Gasteiger partial charge in [-0.15, -0.1) is 0 Å². The van der Waals surface area contributed by atoms with E-state index in [9.17, 15) is 19.5 Å². The van der Waals surface area contributed by atoms with Gasteiger partial charge in [-0.1, -0.05) is 0 Å². The third-order valence-electron chi connectivity index (χ3n) is 2.70. The Morgan fingerprint density at radius 1 is 1.41 bits per heavy atom. The number of pyridine rings is 1. The molecule has 0 aliphatic carbocycles. The van der Waals surface area contributed by atoms with Crippen molar-refractivity contribution >= 4 is 11.9 Å². The Morgan fingerprint density at radius 3 is 2.64 bits per heavy atom. The first-order valence-electron chi connectivity index (χ1n) is 6.17. The van der Waals surface area contributed by atoms with Crippen LogP contribution in [0.1, 0.15) is 11.1 Å². The van der Waals surface area contributed by atoms with E-state index in [1.165, 1.54) is 13.0 Å². The summed E-state index contributed by atoms with van der Waals surface area (Å²) in [5.74, 6) is -1.84. The van der Waals surface area contributed by atoms with Gasteiger partial charge in [-0.05, 0) is 12.5 Å². The van der Waals surface area contributed by atoms with Crippen LogP contribution in [0.4, 0.5) is 0 Å². The number of carbonyl (C=O) groups excluding carboxylic acids is 2. The predicted molar refractivity (Wildman–Crippen MR) is 73.9 cm³/mol. The number of hydrogen-bond donors (Lipinski definition) is 1. The maximum Gasteiger partial charge on any atom is 0.331 e. The average Bonchev–Trinajstić information content (AvgIpc) is 2.48. The van der Waals surface area contributed by atoms with Crippen LogP contribution in [0.15, 0.2) is 23.0 Å². The topological polar surface area (TPSA) is 119 Å². The summed E-state index contributed by atoms with van der Waals surface area (Å²) in [5.41, 5.74) is -0.393. The summed E-state index contributed by atoms with van der Waals surface area (Å²) in [5, 5.41) is 18.6. The van der Waals surface area contributed by atoms with E-state index >= 15 is 0 Å². The van der Waals surface area contributed by atoms with Gasteiger partial charge in [0.25, 0.3) is 5.56 Å². The molecule has 1 aromatic heterocycles. The van der Waals surface area contributed by atoms with E-state index in [0.717, 1.165) is 23.8 Å². The summed E-state index contributed by atoms with van der Waals surface area (Å²) in [6.07, 6.45) is 1.77. The standard InChI is InChI=1S/C14H14N2O6/c1-9-7-11(17)16(14(20)10(9)8-15)5-6-22-13(19)4-3-12(18)21-2/h3-4,7,17H,5-6H2,1-2H3/b4-3+. The van der Waals surface area contributed by atoms with Gasteiger partial charge in [0.2, 0.25) is 0 Å². The minimum Gasteiger partial charge on any atom is -0.494 e. The van der Waals surface area contributed by atoms with Gasteiger partial charge in [0.1, 0.15) is 18.2 Å². The van der Waals surface area contributed by atoms with E-state index < -0.39 is 17.5 Å². The van der Waals surface area contributed by atoms with Crippen LogP contribution >= 0.6 is 0 Å². The number of nitrogens with zero attached hydrogens (tertiary/aromatic N) is 2. The van der Waals surface area contributed by atoms with Crippen molar-refractivity contribution in [2.24, 2.45) is 0 Å². The van der Waals surface area contributed by atoms with Crippen LogP contribution in [0.25, 0.3) is 0 Å². The normalized spacial score (nSPS) is 10.2. The number of aromatic hydroxyl groups is 1. The molecular weight excluding hydrogens is 292 g/mol. The van der Waals surface area contributed by atoms with E-state index in [-0.39, 0.29) is 24.6 Å². The quantitative estimate of drug-likeness (QED) is 0.601. The number of nitriles is 1. The number of ether oxygens (including phenoxy) is 2. The molecule has 1 N–H and O–H groups in total. The molecule has 0 aromatic carbocycles. The number of rotatable bonds is 5. The van der Waals surface area contributed by atoms with Crippen LogP contribution in [-0.2, 0) is 25.6 Å². The molecule has 1 aromatic rings. The minimum atomic E-state index is -0.800. The molecule has 0 spiro atoms. The Kier molecular flexibility index (Phi) is 5.89. The molecule has 0 unspecified atom stereocenters. The zero-order chi connectivity index (χ0) is 16.7. The zero-order valence-corrected chi connectivity index (χ0v) is 12.0. The summed E-state index contributed by atoms with van der Waals surface area (Å²) in [7, 11) is 1.16. The van der Waals surface area contributed by atoms with Crippen molar-refractivity contribution in [1.82, 2.24) is 4.57 Å². The molecule has 8 heteroatoms. The van der Waals surface area contributed by atoms with Crippen molar-refractivity contribution < 1.29 is 24.2 Å². The lowest BCUT2D eigenvalue weighted by Crippen LogP contribution is -2.25. The summed E-state index contributed by atoms with van der Waals surface area (Å²) >= 11 is 0. The SMILES string of the molecule is COC(=O)/C=C/C(=O)OCCn1c(O)cc(C)c(C#N)c1=O. The summed E-state index contributed by atoms with van der Waals surface area (Å²) < 4.78 is 9.99. The summed E-state index contributed by atoms with van der Waals surface area (Å²) in [4.78, 5) is 34.0. The van der Waals surface area contributed by atoms with Crippen LogP contribution in [0.2, 0.25) is 0 Å². The molecule has 22 heavy (non-hydrogen) atoms. The molecule has 1 rings (SSSR count). The molecule has 0 bridgehead atoms. The van der Waals surface area contributed by atoms with Crippen LogP contribution < -0.4 is 5.56 Å².